The Morgan fingerprint density at radius 3 is 2.72 bits per heavy atom. The summed E-state index contributed by atoms with van der Waals surface area (Å²) in [7, 11) is -3.36. The van der Waals surface area contributed by atoms with Gasteiger partial charge in [0.15, 0.2) is 0 Å². The van der Waals surface area contributed by atoms with Crippen LogP contribution >= 0.6 is 0 Å². The number of sulfonamides is 1. The number of furan rings is 1. The summed E-state index contributed by atoms with van der Waals surface area (Å²) >= 11 is 0. The van der Waals surface area contributed by atoms with E-state index < -0.39 is 16.1 Å². The predicted molar refractivity (Wildman–Crippen MR) is 114 cm³/mol. The Hall–Kier alpha value is -2.55. The first-order valence-electron chi connectivity index (χ1n) is 9.32. The number of nitrogens with one attached hydrogen (secondary N) is 2. The molecule has 0 saturated carbocycles. The summed E-state index contributed by atoms with van der Waals surface area (Å²) in [5, 5.41) is 14.5. The zero-order chi connectivity index (χ0) is 21.0. The largest absolute Gasteiger partial charge is 0.492 e. The van der Waals surface area contributed by atoms with Crippen molar-refractivity contribution >= 4 is 26.7 Å². The maximum absolute atomic E-state index is 11.3. The van der Waals surface area contributed by atoms with E-state index in [1.807, 2.05) is 32.0 Å². The quantitative estimate of drug-likeness (QED) is 0.462. The lowest BCUT2D eigenvalue weighted by Gasteiger charge is -2.14. The van der Waals surface area contributed by atoms with Crippen LogP contribution in [-0.4, -0.2) is 39.5 Å². The van der Waals surface area contributed by atoms with Crippen LogP contribution in [0.15, 0.2) is 46.9 Å². The first-order valence-corrected chi connectivity index (χ1v) is 11.2. The second-order valence-electron chi connectivity index (χ2n) is 7.01. The number of hydrogen-bond acceptors (Lipinski definition) is 6. The van der Waals surface area contributed by atoms with E-state index >= 15 is 0 Å². The number of hydrogen-bond donors (Lipinski definition) is 3. The normalized spacial score (nSPS) is 12.8. The van der Waals surface area contributed by atoms with E-state index in [1.54, 1.807) is 24.3 Å². The summed E-state index contributed by atoms with van der Waals surface area (Å²) in [5.41, 5.74) is 2.99. The zero-order valence-corrected chi connectivity index (χ0v) is 17.5. The lowest BCUT2D eigenvalue weighted by Crippen LogP contribution is -2.26. The Kier molecular flexibility index (Phi) is 6.46. The molecule has 0 aliphatic heterocycles. The highest BCUT2D eigenvalue weighted by Gasteiger charge is 2.10. The number of aliphatic hydroxyl groups is 1. The number of fused-ring (bicyclic) bond motifs is 1. The SMILES string of the molecule is Cc1oc2cc(OCCNC[C@H](O)c3cccc(NS(C)(=O)=O)c3)ccc2c1C. The molecule has 3 N–H and O–H groups in total. The lowest BCUT2D eigenvalue weighted by atomic mass is 10.1. The van der Waals surface area contributed by atoms with Crippen LogP contribution in [0.2, 0.25) is 0 Å². The highest BCUT2D eigenvalue weighted by Crippen LogP contribution is 2.28. The summed E-state index contributed by atoms with van der Waals surface area (Å²) in [4.78, 5) is 0. The van der Waals surface area contributed by atoms with E-state index in [1.165, 1.54) is 0 Å². The van der Waals surface area contributed by atoms with Crippen molar-refractivity contribution in [2.24, 2.45) is 0 Å². The molecule has 7 nitrogen and oxygen atoms in total. The molecule has 2 aromatic carbocycles. The smallest absolute Gasteiger partial charge is 0.229 e. The standard InChI is InChI=1S/C21H26N2O5S/c1-14-15(2)28-21-12-18(7-8-19(14)21)27-10-9-22-13-20(24)16-5-4-6-17(11-16)23-29(3,25)26/h4-8,11-12,20,22-24H,9-10,13H2,1-3H3/t20-/m0/s1. The van der Waals surface area contributed by atoms with Crippen molar-refractivity contribution in [3.63, 3.8) is 0 Å². The van der Waals surface area contributed by atoms with Gasteiger partial charge in [-0.2, -0.15) is 0 Å². The zero-order valence-electron chi connectivity index (χ0n) is 16.7. The van der Waals surface area contributed by atoms with Crippen LogP contribution in [0.25, 0.3) is 11.0 Å². The third-order valence-electron chi connectivity index (χ3n) is 4.61. The number of aliphatic hydroxyl groups excluding tert-OH is 1. The molecular formula is C21H26N2O5S. The van der Waals surface area contributed by atoms with Gasteiger partial charge in [-0.3, -0.25) is 4.72 Å². The summed E-state index contributed by atoms with van der Waals surface area (Å²) < 4.78 is 36.5. The topological polar surface area (TPSA) is 101 Å². The Morgan fingerprint density at radius 2 is 1.97 bits per heavy atom. The Labute approximate surface area is 170 Å². The van der Waals surface area contributed by atoms with Crippen LogP contribution in [0, 0.1) is 13.8 Å². The van der Waals surface area contributed by atoms with Crippen molar-refractivity contribution in [1.29, 1.82) is 0 Å². The molecule has 0 unspecified atom stereocenters. The lowest BCUT2D eigenvalue weighted by molar-refractivity contribution is 0.172. The fourth-order valence-electron chi connectivity index (χ4n) is 3.04. The molecule has 0 saturated heterocycles. The van der Waals surface area contributed by atoms with Crippen molar-refractivity contribution < 1.29 is 22.7 Å². The highest BCUT2D eigenvalue weighted by molar-refractivity contribution is 7.92. The van der Waals surface area contributed by atoms with Crippen LogP contribution < -0.4 is 14.8 Å². The number of ether oxygens (including phenoxy) is 1. The van der Waals surface area contributed by atoms with Gasteiger partial charge in [0.1, 0.15) is 23.7 Å². The maximum atomic E-state index is 11.3. The van der Waals surface area contributed by atoms with E-state index in [0.29, 0.717) is 30.9 Å². The van der Waals surface area contributed by atoms with Gasteiger partial charge >= 0.3 is 0 Å². The van der Waals surface area contributed by atoms with Crippen LogP contribution in [-0.2, 0) is 10.0 Å². The van der Waals surface area contributed by atoms with Gasteiger partial charge in [-0.15, -0.1) is 0 Å². The Bertz CT molecular complexity index is 1090. The van der Waals surface area contributed by atoms with Crippen LogP contribution in [0.5, 0.6) is 5.75 Å². The summed E-state index contributed by atoms with van der Waals surface area (Å²) in [6.45, 7) is 5.28. The summed E-state index contributed by atoms with van der Waals surface area (Å²) in [5.74, 6) is 1.64. The molecular weight excluding hydrogens is 392 g/mol. The van der Waals surface area contributed by atoms with Gasteiger partial charge in [0.05, 0.1) is 12.4 Å². The van der Waals surface area contributed by atoms with E-state index in [0.717, 1.165) is 34.3 Å². The second-order valence-corrected chi connectivity index (χ2v) is 8.76. The highest BCUT2D eigenvalue weighted by atomic mass is 32.2. The van der Waals surface area contributed by atoms with Gasteiger partial charge in [-0.25, -0.2) is 8.42 Å². The monoisotopic (exact) mass is 418 g/mol. The van der Waals surface area contributed by atoms with Gasteiger partial charge in [0.25, 0.3) is 0 Å². The molecule has 1 atom stereocenters. The Balaban J connectivity index is 1.46. The van der Waals surface area contributed by atoms with Crippen LogP contribution in [0.4, 0.5) is 5.69 Å². The summed E-state index contributed by atoms with van der Waals surface area (Å²) in [6.07, 6.45) is 0.325. The fourth-order valence-corrected chi connectivity index (χ4v) is 3.59. The van der Waals surface area contributed by atoms with Gasteiger partial charge in [0.2, 0.25) is 10.0 Å². The summed E-state index contributed by atoms with van der Waals surface area (Å²) in [6, 6.07) is 12.5. The van der Waals surface area contributed by atoms with Crippen molar-refractivity contribution in [2.45, 2.75) is 20.0 Å². The van der Waals surface area contributed by atoms with E-state index in [9.17, 15) is 13.5 Å². The molecule has 0 radical (unpaired) electrons. The third kappa shape index (κ3) is 5.72. The molecule has 0 aliphatic rings. The molecule has 0 spiro atoms. The van der Waals surface area contributed by atoms with Gasteiger partial charge in [-0.1, -0.05) is 12.1 Å². The number of rotatable bonds is 9. The number of aryl methyl sites for hydroxylation is 2. The molecule has 1 aromatic heterocycles. The average molecular weight is 419 g/mol. The number of benzene rings is 2. The molecule has 1 heterocycles. The van der Waals surface area contributed by atoms with Crippen molar-refractivity contribution in [2.75, 3.05) is 30.7 Å². The molecule has 0 aliphatic carbocycles. The molecule has 0 bridgehead atoms. The molecule has 8 heteroatoms. The maximum Gasteiger partial charge on any atom is 0.229 e. The van der Waals surface area contributed by atoms with Crippen molar-refractivity contribution in [3.8, 4) is 5.75 Å². The molecule has 3 aromatic rings. The van der Waals surface area contributed by atoms with Crippen molar-refractivity contribution in [1.82, 2.24) is 5.32 Å². The first kappa shape index (κ1) is 21.2. The molecule has 0 fully saturated rings. The van der Waals surface area contributed by atoms with Crippen molar-refractivity contribution in [3.05, 3.63) is 59.4 Å². The molecule has 156 valence electrons. The molecule has 0 amide bonds. The van der Waals surface area contributed by atoms with E-state index in [-0.39, 0.29) is 0 Å². The van der Waals surface area contributed by atoms with Gasteiger partial charge < -0.3 is 19.6 Å². The Morgan fingerprint density at radius 1 is 1.17 bits per heavy atom. The minimum atomic E-state index is -3.36. The predicted octanol–water partition coefficient (Wildman–Crippen LogP) is 3.12. The van der Waals surface area contributed by atoms with E-state index in [4.69, 9.17) is 9.15 Å². The minimum absolute atomic E-state index is 0.321. The second kappa shape index (κ2) is 8.86. The van der Waals surface area contributed by atoms with Crippen LogP contribution in [0.1, 0.15) is 23.0 Å². The van der Waals surface area contributed by atoms with Crippen LogP contribution in [0.3, 0.4) is 0 Å². The minimum Gasteiger partial charge on any atom is -0.492 e. The number of anilines is 1. The van der Waals surface area contributed by atoms with E-state index in [2.05, 4.69) is 10.0 Å². The molecule has 3 rings (SSSR count). The van der Waals surface area contributed by atoms with Gasteiger partial charge in [0, 0.05) is 30.2 Å². The third-order valence-corrected chi connectivity index (χ3v) is 5.21. The van der Waals surface area contributed by atoms with Gasteiger partial charge in [-0.05, 0) is 49.2 Å². The fraction of sp³-hybridized carbons (Fsp3) is 0.333. The first-order chi connectivity index (χ1) is 13.7. The molecule has 29 heavy (non-hydrogen) atoms. The average Bonchev–Trinajstić information content (AvgIpc) is 2.93.